The molecule has 1 heterocycles. The van der Waals surface area contributed by atoms with E-state index in [2.05, 4.69) is 29.3 Å². The molecule has 0 saturated carbocycles. The van der Waals surface area contributed by atoms with Crippen LogP contribution in [0.25, 0.3) is 0 Å². The lowest BCUT2D eigenvalue weighted by atomic mass is 9.99. The van der Waals surface area contributed by atoms with E-state index < -0.39 is 15.8 Å². The Labute approximate surface area is 196 Å². The lowest BCUT2D eigenvalue weighted by Crippen LogP contribution is -2.34. The summed E-state index contributed by atoms with van der Waals surface area (Å²) in [6, 6.07) is 13.9. The van der Waals surface area contributed by atoms with Gasteiger partial charge in [0, 0.05) is 31.7 Å². The van der Waals surface area contributed by atoms with Crippen molar-refractivity contribution in [1.82, 2.24) is 5.32 Å². The van der Waals surface area contributed by atoms with Crippen molar-refractivity contribution >= 4 is 27.3 Å². The third-order valence-electron chi connectivity index (χ3n) is 6.08. The Bertz CT molecular complexity index is 1040. The molecule has 180 valence electrons. The van der Waals surface area contributed by atoms with Gasteiger partial charge in [0.15, 0.2) is 0 Å². The van der Waals surface area contributed by atoms with E-state index >= 15 is 0 Å². The molecular formula is C25H34FN3O3S. The highest BCUT2D eigenvalue weighted by Gasteiger charge is 2.21. The van der Waals surface area contributed by atoms with Gasteiger partial charge in [0.1, 0.15) is 5.82 Å². The van der Waals surface area contributed by atoms with Gasteiger partial charge in [0.25, 0.3) is 0 Å². The zero-order valence-corrected chi connectivity index (χ0v) is 20.4. The first-order valence-corrected chi connectivity index (χ1v) is 13.4. The van der Waals surface area contributed by atoms with E-state index in [4.69, 9.17) is 0 Å². The summed E-state index contributed by atoms with van der Waals surface area (Å²) in [4.78, 5) is 14.9. The van der Waals surface area contributed by atoms with Gasteiger partial charge < -0.3 is 10.2 Å². The number of para-hydroxylation sites is 1. The summed E-state index contributed by atoms with van der Waals surface area (Å²) in [5.74, 6) is -0.0736. The molecule has 0 aliphatic carbocycles. The maximum atomic E-state index is 14.1. The molecule has 0 unspecified atom stereocenters. The van der Waals surface area contributed by atoms with Gasteiger partial charge >= 0.3 is 0 Å². The average Bonchev–Trinajstić information content (AvgIpc) is 2.77. The van der Waals surface area contributed by atoms with Gasteiger partial charge in [-0.05, 0) is 61.9 Å². The van der Waals surface area contributed by atoms with Crippen LogP contribution in [0.5, 0.6) is 0 Å². The highest BCUT2D eigenvalue weighted by atomic mass is 32.2. The Hall–Kier alpha value is -2.61. The Morgan fingerprint density at radius 3 is 2.55 bits per heavy atom. The van der Waals surface area contributed by atoms with Crippen LogP contribution in [0, 0.1) is 11.7 Å². The van der Waals surface area contributed by atoms with E-state index in [9.17, 15) is 17.6 Å². The van der Waals surface area contributed by atoms with Gasteiger partial charge in [-0.15, -0.1) is 0 Å². The highest BCUT2D eigenvalue weighted by molar-refractivity contribution is 7.92. The summed E-state index contributed by atoms with van der Waals surface area (Å²) in [5.41, 5.74) is 2.22. The number of piperidine rings is 1. The van der Waals surface area contributed by atoms with Crippen molar-refractivity contribution in [2.45, 2.75) is 45.6 Å². The molecule has 0 radical (unpaired) electrons. The second kappa shape index (κ2) is 11.0. The van der Waals surface area contributed by atoms with E-state index in [0.717, 1.165) is 29.2 Å². The molecule has 2 atom stereocenters. The van der Waals surface area contributed by atoms with E-state index in [1.54, 1.807) is 6.07 Å². The predicted molar refractivity (Wildman–Crippen MR) is 131 cm³/mol. The van der Waals surface area contributed by atoms with Crippen LogP contribution in [0.4, 0.5) is 15.8 Å². The smallest absolute Gasteiger partial charge is 0.232 e. The van der Waals surface area contributed by atoms with Gasteiger partial charge in [0.2, 0.25) is 15.9 Å². The number of rotatable bonds is 9. The molecule has 1 fully saturated rings. The number of nitrogens with zero attached hydrogens (tertiary/aromatic N) is 2. The maximum absolute atomic E-state index is 14.1. The highest BCUT2D eigenvalue weighted by Crippen LogP contribution is 2.25. The summed E-state index contributed by atoms with van der Waals surface area (Å²) >= 11 is 0. The molecule has 0 spiro atoms. The first-order chi connectivity index (χ1) is 15.6. The standard InChI is InChI=1S/C25H34FN3O3S/c1-19-8-6-16-28(18-19)22-14-12-21(13-15-22)20(2)27-25(30)11-7-17-29(33(3,31)32)24-10-5-4-9-23(24)26/h4-5,9-10,12-15,19-20H,6-8,11,16-18H2,1-3H3,(H,27,30)/t19-,20+/m0/s1. The van der Waals surface area contributed by atoms with Gasteiger partial charge in [0.05, 0.1) is 18.0 Å². The fraction of sp³-hybridized carbons (Fsp3) is 0.480. The van der Waals surface area contributed by atoms with Crippen LogP contribution in [0.2, 0.25) is 0 Å². The molecule has 1 amide bonds. The zero-order chi connectivity index (χ0) is 24.0. The summed E-state index contributed by atoms with van der Waals surface area (Å²) in [5, 5.41) is 2.97. The number of amides is 1. The molecular weight excluding hydrogens is 441 g/mol. The fourth-order valence-corrected chi connectivity index (χ4v) is 5.26. The Kier molecular flexibility index (Phi) is 8.35. The number of hydrogen-bond acceptors (Lipinski definition) is 4. The summed E-state index contributed by atoms with van der Waals surface area (Å²) in [7, 11) is -3.66. The number of sulfonamides is 1. The van der Waals surface area contributed by atoms with Crippen LogP contribution in [-0.4, -0.2) is 40.2 Å². The van der Waals surface area contributed by atoms with Gasteiger partial charge in [-0.2, -0.15) is 0 Å². The molecule has 33 heavy (non-hydrogen) atoms. The van der Waals surface area contributed by atoms with Crippen molar-refractivity contribution < 1.29 is 17.6 Å². The van der Waals surface area contributed by atoms with Crippen molar-refractivity contribution in [2.75, 3.05) is 35.1 Å². The Balaban J connectivity index is 1.52. The first kappa shape index (κ1) is 25.0. The predicted octanol–water partition coefficient (Wildman–Crippen LogP) is 4.49. The third kappa shape index (κ3) is 6.93. The molecule has 2 aromatic carbocycles. The quantitative estimate of drug-likeness (QED) is 0.580. The molecule has 6 nitrogen and oxygen atoms in total. The molecule has 1 aliphatic rings. The van der Waals surface area contributed by atoms with Gasteiger partial charge in [-0.25, -0.2) is 12.8 Å². The average molecular weight is 476 g/mol. The van der Waals surface area contributed by atoms with Crippen molar-refractivity contribution in [3.05, 3.63) is 59.9 Å². The maximum Gasteiger partial charge on any atom is 0.232 e. The summed E-state index contributed by atoms with van der Waals surface area (Å²) < 4.78 is 39.4. The largest absolute Gasteiger partial charge is 0.371 e. The van der Waals surface area contributed by atoms with Crippen molar-refractivity contribution in [2.24, 2.45) is 5.92 Å². The number of carbonyl (C=O) groups excluding carboxylic acids is 1. The fourth-order valence-electron chi connectivity index (χ4n) is 4.30. The lowest BCUT2D eigenvalue weighted by Gasteiger charge is -2.33. The number of benzene rings is 2. The molecule has 0 aromatic heterocycles. The number of anilines is 2. The monoisotopic (exact) mass is 475 g/mol. The van der Waals surface area contributed by atoms with Crippen LogP contribution < -0.4 is 14.5 Å². The lowest BCUT2D eigenvalue weighted by molar-refractivity contribution is -0.121. The second-order valence-electron chi connectivity index (χ2n) is 8.96. The summed E-state index contributed by atoms with van der Waals surface area (Å²) in [6.07, 6.45) is 3.96. The Morgan fingerprint density at radius 2 is 1.91 bits per heavy atom. The molecule has 1 aliphatic heterocycles. The van der Waals surface area contributed by atoms with Crippen LogP contribution in [0.15, 0.2) is 48.5 Å². The molecule has 1 N–H and O–H groups in total. The van der Waals surface area contributed by atoms with E-state index in [-0.39, 0.29) is 37.0 Å². The van der Waals surface area contributed by atoms with Crippen LogP contribution in [0.1, 0.15) is 51.1 Å². The van der Waals surface area contributed by atoms with Crippen LogP contribution in [0.3, 0.4) is 0 Å². The first-order valence-electron chi connectivity index (χ1n) is 11.5. The molecule has 3 rings (SSSR count). The zero-order valence-electron chi connectivity index (χ0n) is 19.6. The Morgan fingerprint density at radius 1 is 1.21 bits per heavy atom. The minimum atomic E-state index is -3.66. The molecule has 0 bridgehead atoms. The van der Waals surface area contributed by atoms with Crippen LogP contribution in [-0.2, 0) is 14.8 Å². The second-order valence-corrected chi connectivity index (χ2v) is 10.9. The van der Waals surface area contributed by atoms with Crippen LogP contribution >= 0.6 is 0 Å². The number of halogens is 1. The minimum Gasteiger partial charge on any atom is -0.371 e. The van der Waals surface area contributed by atoms with E-state index in [0.29, 0.717) is 5.92 Å². The molecule has 2 aromatic rings. The van der Waals surface area contributed by atoms with Gasteiger partial charge in [-0.1, -0.05) is 31.2 Å². The summed E-state index contributed by atoms with van der Waals surface area (Å²) in [6.45, 7) is 6.39. The molecule has 8 heteroatoms. The molecule has 1 saturated heterocycles. The minimum absolute atomic E-state index is 0.00281. The van der Waals surface area contributed by atoms with Crippen molar-refractivity contribution in [3.8, 4) is 0 Å². The van der Waals surface area contributed by atoms with E-state index in [1.165, 1.54) is 36.7 Å². The number of hydrogen-bond donors (Lipinski definition) is 1. The SMILES string of the molecule is C[C@H]1CCCN(c2ccc([C@@H](C)NC(=O)CCCN(c3ccccc3F)S(C)(=O)=O)cc2)C1. The normalized spacial score (nSPS) is 17.5. The van der Waals surface area contributed by atoms with Gasteiger partial charge in [-0.3, -0.25) is 9.10 Å². The van der Waals surface area contributed by atoms with Crippen molar-refractivity contribution in [3.63, 3.8) is 0 Å². The van der Waals surface area contributed by atoms with Crippen molar-refractivity contribution in [1.29, 1.82) is 0 Å². The number of carbonyl (C=O) groups is 1. The number of nitrogens with one attached hydrogen (secondary N) is 1. The van der Waals surface area contributed by atoms with E-state index in [1.807, 2.05) is 19.1 Å². The third-order valence-corrected chi connectivity index (χ3v) is 7.26. The topological polar surface area (TPSA) is 69.7 Å².